The van der Waals surface area contributed by atoms with Gasteiger partial charge in [-0.2, -0.15) is 0 Å². The van der Waals surface area contributed by atoms with Gasteiger partial charge >= 0.3 is 0 Å². The van der Waals surface area contributed by atoms with Crippen molar-refractivity contribution in [2.45, 2.75) is 19.0 Å². The highest BCUT2D eigenvalue weighted by molar-refractivity contribution is 5.45. The maximum atomic E-state index is 2.45. The van der Waals surface area contributed by atoms with Crippen molar-refractivity contribution in [3.63, 3.8) is 0 Å². The van der Waals surface area contributed by atoms with Crippen molar-refractivity contribution < 1.29 is 4.57 Å². The number of anilines is 1. The standard InChI is InChI=1S/C17H25N4/c1-18(2)14-6-10-20-8-5-9-21-11-7-15(19(3)4)13-17(21)16(20)12-14/h6-7,10-13,16H,5,8-9H2,1-4H3/q+1. The summed E-state index contributed by atoms with van der Waals surface area (Å²) in [7, 11) is 8.41. The van der Waals surface area contributed by atoms with Crippen LogP contribution in [0.1, 0.15) is 18.2 Å². The predicted octanol–water partition coefficient (Wildman–Crippen LogP) is 1.76. The number of nitrogens with zero attached hydrogens (tertiary/aromatic N) is 4. The van der Waals surface area contributed by atoms with Crippen molar-refractivity contribution in [3.05, 3.63) is 48.1 Å². The van der Waals surface area contributed by atoms with Crippen molar-refractivity contribution in [1.82, 2.24) is 9.80 Å². The Bertz CT molecular complexity index is 586. The Morgan fingerprint density at radius 1 is 1.19 bits per heavy atom. The third kappa shape index (κ3) is 2.62. The van der Waals surface area contributed by atoms with E-state index in [2.05, 4.69) is 84.1 Å². The molecule has 0 saturated carbocycles. The van der Waals surface area contributed by atoms with Gasteiger partial charge in [0.05, 0.1) is 0 Å². The average Bonchev–Trinajstić information content (AvgIpc) is 2.65. The highest BCUT2D eigenvalue weighted by Crippen LogP contribution is 2.30. The van der Waals surface area contributed by atoms with Crippen LogP contribution < -0.4 is 9.47 Å². The Kier molecular flexibility index (Phi) is 3.62. The van der Waals surface area contributed by atoms with Crippen LogP contribution in [-0.2, 0) is 6.54 Å². The molecule has 1 unspecified atom stereocenters. The number of pyridine rings is 1. The monoisotopic (exact) mass is 285 g/mol. The third-order valence-electron chi connectivity index (χ3n) is 4.33. The van der Waals surface area contributed by atoms with E-state index in [1.165, 1.54) is 23.5 Å². The molecule has 1 aromatic rings. The summed E-state index contributed by atoms with van der Waals surface area (Å²) in [6.07, 6.45) is 10.2. The number of aromatic nitrogens is 1. The summed E-state index contributed by atoms with van der Waals surface area (Å²) in [6, 6.07) is 4.86. The smallest absolute Gasteiger partial charge is 0.210 e. The molecule has 0 saturated heterocycles. The fourth-order valence-corrected chi connectivity index (χ4v) is 3.04. The van der Waals surface area contributed by atoms with Gasteiger partial charge in [-0.15, -0.1) is 0 Å². The van der Waals surface area contributed by atoms with Crippen LogP contribution in [0.3, 0.4) is 0 Å². The SMILES string of the molecule is CN(C)C1=CC2c3cc(N(C)C)cc[n+]3CCCN2C=C1. The zero-order chi connectivity index (χ0) is 15.0. The number of aryl methyl sites for hydroxylation is 1. The lowest BCUT2D eigenvalue weighted by Crippen LogP contribution is -2.39. The number of allylic oxidation sites excluding steroid dienone is 1. The Morgan fingerprint density at radius 2 is 2.00 bits per heavy atom. The van der Waals surface area contributed by atoms with Crippen LogP contribution in [0.4, 0.5) is 5.69 Å². The van der Waals surface area contributed by atoms with Crippen molar-refractivity contribution in [3.8, 4) is 0 Å². The van der Waals surface area contributed by atoms with Crippen molar-refractivity contribution >= 4 is 5.69 Å². The molecule has 0 amide bonds. The van der Waals surface area contributed by atoms with Gasteiger partial charge in [0, 0.05) is 70.9 Å². The van der Waals surface area contributed by atoms with Gasteiger partial charge in [0.1, 0.15) is 6.04 Å². The summed E-state index contributed by atoms with van der Waals surface area (Å²) < 4.78 is 2.40. The van der Waals surface area contributed by atoms with Gasteiger partial charge in [0.15, 0.2) is 12.7 Å². The molecule has 4 heteroatoms. The summed E-state index contributed by atoms with van der Waals surface area (Å²) in [5.74, 6) is 0. The maximum absolute atomic E-state index is 2.45. The Labute approximate surface area is 127 Å². The van der Waals surface area contributed by atoms with E-state index in [0.717, 1.165) is 13.1 Å². The third-order valence-corrected chi connectivity index (χ3v) is 4.33. The first-order chi connectivity index (χ1) is 10.1. The van der Waals surface area contributed by atoms with Gasteiger partial charge in [0.25, 0.3) is 0 Å². The molecule has 1 atom stereocenters. The lowest BCUT2D eigenvalue weighted by Gasteiger charge is -2.30. The lowest BCUT2D eigenvalue weighted by molar-refractivity contribution is -0.703. The van der Waals surface area contributed by atoms with Crippen molar-refractivity contribution in [2.75, 3.05) is 39.6 Å². The Morgan fingerprint density at radius 3 is 2.71 bits per heavy atom. The fraction of sp³-hybridized carbons (Fsp3) is 0.471. The number of hydrogen-bond acceptors (Lipinski definition) is 3. The quantitative estimate of drug-likeness (QED) is 0.769. The molecular weight excluding hydrogens is 260 g/mol. The second kappa shape index (κ2) is 5.43. The minimum absolute atomic E-state index is 0.329. The van der Waals surface area contributed by atoms with Crippen molar-refractivity contribution in [1.29, 1.82) is 0 Å². The molecule has 2 aliphatic rings. The summed E-state index contributed by atoms with van der Waals surface area (Å²) in [6.45, 7) is 2.20. The second-order valence-electron chi connectivity index (χ2n) is 6.24. The zero-order valence-corrected chi connectivity index (χ0v) is 13.5. The average molecular weight is 285 g/mol. The summed E-state index contributed by atoms with van der Waals surface area (Å²) >= 11 is 0. The van der Waals surface area contributed by atoms with E-state index in [4.69, 9.17) is 0 Å². The van der Waals surface area contributed by atoms with Gasteiger partial charge in [0.2, 0.25) is 5.69 Å². The number of hydrogen-bond donors (Lipinski definition) is 0. The second-order valence-corrected chi connectivity index (χ2v) is 6.24. The summed E-state index contributed by atoms with van der Waals surface area (Å²) in [5, 5.41) is 0. The Balaban J connectivity index is 2.06. The van der Waals surface area contributed by atoms with Gasteiger partial charge in [-0.1, -0.05) is 0 Å². The van der Waals surface area contributed by atoms with E-state index in [1.807, 2.05) is 0 Å². The molecule has 0 N–H and O–H groups in total. The van der Waals surface area contributed by atoms with Gasteiger partial charge in [-0.3, -0.25) is 0 Å². The molecule has 0 aliphatic carbocycles. The molecule has 112 valence electrons. The molecule has 1 aromatic heterocycles. The largest absolute Gasteiger partial charge is 0.378 e. The molecule has 2 aliphatic heterocycles. The van der Waals surface area contributed by atoms with Crippen LogP contribution in [0.15, 0.2) is 42.4 Å². The van der Waals surface area contributed by atoms with Crippen LogP contribution >= 0.6 is 0 Å². The lowest BCUT2D eigenvalue weighted by atomic mass is 10.1. The zero-order valence-electron chi connectivity index (χ0n) is 13.5. The predicted molar refractivity (Wildman–Crippen MR) is 85.9 cm³/mol. The minimum atomic E-state index is 0.329. The van der Waals surface area contributed by atoms with E-state index in [9.17, 15) is 0 Å². The molecular formula is C17H25N4+. The summed E-state index contributed by atoms with van der Waals surface area (Å²) in [5.41, 5.74) is 3.92. The number of fused-ring (bicyclic) bond motifs is 3. The molecule has 3 heterocycles. The van der Waals surface area contributed by atoms with Gasteiger partial charge < -0.3 is 14.7 Å². The fourth-order valence-electron chi connectivity index (χ4n) is 3.04. The number of likely N-dealkylation sites (N-methyl/N-ethyl adjacent to an activating group) is 1. The summed E-state index contributed by atoms with van der Waals surface area (Å²) in [4.78, 5) is 6.80. The Hall–Kier alpha value is -1.97. The van der Waals surface area contributed by atoms with Gasteiger partial charge in [-0.05, 0) is 12.2 Å². The molecule has 0 spiro atoms. The minimum Gasteiger partial charge on any atom is -0.378 e. The normalized spacial score (nSPS) is 20.3. The van der Waals surface area contributed by atoms with E-state index in [-0.39, 0.29) is 0 Å². The maximum Gasteiger partial charge on any atom is 0.210 e. The molecule has 4 nitrogen and oxygen atoms in total. The van der Waals surface area contributed by atoms with Crippen LogP contribution in [0.2, 0.25) is 0 Å². The molecule has 0 bridgehead atoms. The molecule has 3 rings (SSSR count). The van der Waals surface area contributed by atoms with Crippen LogP contribution in [0.5, 0.6) is 0 Å². The first-order valence-corrected chi connectivity index (χ1v) is 7.60. The van der Waals surface area contributed by atoms with E-state index >= 15 is 0 Å². The topological polar surface area (TPSA) is 13.6 Å². The first-order valence-electron chi connectivity index (χ1n) is 7.60. The highest BCUT2D eigenvalue weighted by atomic mass is 15.2. The molecule has 0 radical (unpaired) electrons. The van der Waals surface area contributed by atoms with E-state index < -0.39 is 0 Å². The van der Waals surface area contributed by atoms with Gasteiger partial charge in [-0.25, -0.2) is 4.57 Å². The van der Waals surface area contributed by atoms with Crippen LogP contribution in [0, 0.1) is 0 Å². The van der Waals surface area contributed by atoms with E-state index in [1.54, 1.807) is 0 Å². The van der Waals surface area contributed by atoms with Crippen LogP contribution in [-0.4, -0.2) is 44.5 Å². The molecule has 21 heavy (non-hydrogen) atoms. The van der Waals surface area contributed by atoms with Crippen LogP contribution in [0.25, 0.3) is 0 Å². The molecule has 0 aromatic carbocycles. The highest BCUT2D eigenvalue weighted by Gasteiger charge is 2.30. The molecule has 0 fully saturated rings. The first kappa shape index (κ1) is 14.0. The number of rotatable bonds is 2. The van der Waals surface area contributed by atoms with Crippen molar-refractivity contribution in [2.24, 2.45) is 0 Å². The van der Waals surface area contributed by atoms with E-state index in [0.29, 0.717) is 6.04 Å².